The van der Waals surface area contributed by atoms with Crippen molar-refractivity contribution in [2.75, 3.05) is 20.2 Å². The summed E-state index contributed by atoms with van der Waals surface area (Å²) in [5, 5.41) is 0.636. The van der Waals surface area contributed by atoms with Gasteiger partial charge >= 0.3 is 5.97 Å². The SMILES string of the molecule is COC(=O)C1CCN(C(=O)C2Cc3cc(Cl)ccc3O2)C1. The molecule has 0 bridgehead atoms. The van der Waals surface area contributed by atoms with E-state index in [1.807, 2.05) is 6.07 Å². The van der Waals surface area contributed by atoms with Crippen LogP contribution < -0.4 is 4.74 Å². The van der Waals surface area contributed by atoms with Gasteiger partial charge in [-0.3, -0.25) is 9.59 Å². The zero-order chi connectivity index (χ0) is 15.0. The van der Waals surface area contributed by atoms with Gasteiger partial charge in [0.15, 0.2) is 6.10 Å². The topological polar surface area (TPSA) is 55.8 Å². The Balaban J connectivity index is 1.65. The standard InChI is InChI=1S/C15H16ClNO4/c1-20-15(19)9-4-5-17(8-9)14(18)13-7-10-6-11(16)2-3-12(10)21-13/h2-3,6,9,13H,4-5,7-8H2,1H3. The summed E-state index contributed by atoms with van der Waals surface area (Å²) in [6.07, 6.45) is 0.646. The number of ether oxygens (including phenoxy) is 2. The fourth-order valence-electron chi connectivity index (χ4n) is 2.88. The molecule has 2 unspecified atom stereocenters. The lowest BCUT2D eigenvalue weighted by Crippen LogP contribution is -2.40. The summed E-state index contributed by atoms with van der Waals surface area (Å²) in [7, 11) is 1.37. The number of rotatable bonds is 2. The third-order valence-corrected chi connectivity index (χ3v) is 4.24. The molecule has 2 atom stereocenters. The van der Waals surface area contributed by atoms with Crippen LogP contribution in [0.4, 0.5) is 0 Å². The van der Waals surface area contributed by atoms with Crippen LogP contribution in [0.5, 0.6) is 5.75 Å². The molecule has 6 heteroatoms. The minimum atomic E-state index is -0.519. The lowest BCUT2D eigenvalue weighted by atomic mass is 10.1. The van der Waals surface area contributed by atoms with Crippen LogP contribution in [0.15, 0.2) is 18.2 Å². The van der Waals surface area contributed by atoms with Crippen LogP contribution in [-0.4, -0.2) is 43.1 Å². The molecule has 1 saturated heterocycles. The van der Waals surface area contributed by atoms with Crippen LogP contribution in [0.25, 0.3) is 0 Å². The van der Waals surface area contributed by atoms with Crippen LogP contribution in [0.1, 0.15) is 12.0 Å². The monoisotopic (exact) mass is 309 g/mol. The van der Waals surface area contributed by atoms with Gasteiger partial charge in [-0.15, -0.1) is 0 Å². The second-order valence-corrected chi connectivity index (χ2v) is 5.79. The summed E-state index contributed by atoms with van der Waals surface area (Å²) >= 11 is 5.95. The van der Waals surface area contributed by atoms with Gasteiger partial charge in [0.25, 0.3) is 5.91 Å². The van der Waals surface area contributed by atoms with Gasteiger partial charge in [-0.2, -0.15) is 0 Å². The Morgan fingerprint density at radius 3 is 3.00 bits per heavy atom. The lowest BCUT2D eigenvalue weighted by molar-refractivity contribution is -0.145. The van der Waals surface area contributed by atoms with Crippen molar-refractivity contribution in [3.05, 3.63) is 28.8 Å². The van der Waals surface area contributed by atoms with Gasteiger partial charge in [-0.25, -0.2) is 0 Å². The van der Waals surface area contributed by atoms with E-state index in [4.69, 9.17) is 21.1 Å². The first-order valence-corrected chi connectivity index (χ1v) is 7.28. The van der Waals surface area contributed by atoms with E-state index in [0.717, 1.165) is 5.56 Å². The van der Waals surface area contributed by atoms with Gasteiger partial charge in [0.1, 0.15) is 5.75 Å². The minimum absolute atomic E-state index is 0.0753. The smallest absolute Gasteiger partial charge is 0.310 e. The van der Waals surface area contributed by atoms with E-state index in [1.54, 1.807) is 17.0 Å². The second-order valence-electron chi connectivity index (χ2n) is 5.36. The zero-order valence-electron chi connectivity index (χ0n) is 11.7. The van der Waals surface area contributed by atoms with Crippen molar-refractivity contribution in [2.24, 2.45) is 5.92 Å². The predicted octanol–water partition coefficient (Wildman–Crippen LogP) is 1.66. The largest absolute Gasteiger partial charge is 0.480 e. The molecule has 0 radical (unpaired) electrons. The zero-order valence-corrected chi connectivity index (χ0v) is 12.4. The molecular formula is C15H16ClNO4. The highest BCUT2D eigenvalue weighted by Gasteiger charge is 2.37. The van der Waals surface area contributed by atoms with E-state index in [9.17, 15) is 9.59 Å². The molecule has 1 fully saturated rings. The maximum absolute atomic E-state index is 12.5. The summed E-state index contributed by atoms with van der Waals surface area (Å²) < 4.78 is 10.4. The Hall–Kier alpha value is -1.75. The molecule has 2 heterocycles. The molecule has 21 heavy (non-hydrogen) atoms. The Morgan fingerprint density at radius 1 is 1.43 bits per heavy atom. The van der Waals surface area contributed by atoms with Crippen molar-refractivity contribution in [1.82, 2.24) is 4.90 Å². The molecule has 5 nitrogen and oxygen atoms in total. The number of hydrogen-bond acceptors (Lipinski definition) is 4. The van der Waals surface area contributed by atoms with Crippen LogP contribution in [0.3, 0.4) is 0 Å². The molecule has 2 aliphatic rings. The fourth-order valence-corrected chi connectivity index (χ4v) is 3.07. The fraction of sp³-hybridized carbons (Fsp3) is 0.467. The summed E-state index contributed by atoms with van der Waals surface area (Å²) in [6, 6.07) is 5.36. The first kappa shape index (κ1) is 14.2. The number of carbonyl (C=O) groups excluding carboxylic acids is 2. The van der Waals surface area contributed by atoms with Crippen molar-refractivity contribution in [3.63, 3.8) is 0 Å². The number of benzene rings is 1. The van der Waals surface area contributed by atoms with Crippen molar-refractivity contribution >= 4 is 23.5 Å². The summed E-state index contributed by atoms with van der Waals surface area (Å²) in [5.74, 6) is 0.153. The van der Waals surface area contributed by atoms with Crippen molar-refractivity contribution in [1.29, 1.82) is 0 Å². The molecule has 3 rings (SSSR count). The van der Waals surface area contributed by atoms with Crippen LogP contribution in [0, 0.1) is 5.92 Å². The van der Waals surface area contributed by atoms with Gasteiger partial charge < -0.3 is 14.4 Å². The number of nitrogens with zero attached hydrogens (tertiary/aromatic N) is 1. The van der Waals surface area contributed by atoms with Gasteiger partial charge in [-0.1, -0.05) is 11.6 Å². The van der Waals surface area contributed by atoms with Crippen molar-refractivity contribution < 1.29 is 19.1 Å². The number of halogens is 1. The number of fused-ring (bicyclic) bond motifs is 1. The Labute approximate surface area is 127 Å². The first-order chi connectivity index (χ1) is 10.1. The number of amides is 1. The van der Waals surface area contributed by atoms with E-state index >= 15 is 0 Å². The highest BCUT2D eigenvalue weighted by atomic mass is 35.5. The predicted molar refractivity (Wildman–Crippen MR) is 76.3 cm³/mol. The number of carbonyl (C=O) groups is 2. The Morgan fingerprint density at radius 2 is 2.24 bits per heavy atom. The van der Waals surface area contributed by atoms with Crippen LogP contribution in [-0.2, 0) is 20.7 Å². The van der Waals surface area contributed by atoms with Crippen LogP contribution in [0.2, 0.25) is 5.02 Å². The molecule has 1 amide bonds. The highest BCUT2D eigenvalue weighted by Crippen LogP contribution is 2.32. The molecule has 2 aliphatic heterocycles. The van der Waals surface area contributed by atoms with Crippen molar-refractivity contribution in [3.8, 4) is 5.75 Å². The first-order valence-electron chi connectivity index (χ1n) is 6.90. The minimum Gasteiger partial charge on any atom is -0.480 e. The molecular weight excluding hydrogens is 294 g/mol. The highest BCUT2D eigenvalue weighted by molar-refractivity contribution is 6.30. The number of hydrogen-bond donors (Lipinski definition) is 0. The van der Waals surface area contributed by atoms with E-state index in [-0.39, 0.29) is 17.8 Å². The number of methoxy groups -OCH3 is 1. The Bertz CT molecular complexity index is 589. The van der Waals surface area contributed by atoms with Gasteiger partial charge in [-0.05, 0) is 30.2 Å². The summed E-state index contributed by atoms with van der Waals surface area (Å²) in [4.78, 5) is 25.7. The van der Waals surface area contributed by atoms with E-state index < -0.39 is 6.10 Å². The average Bonchev–Trinajstić information content (AvgIpc) is 3.11. The summed E-state index contributed by atoms with van der Waals surface area (Å²) in [6.45, 7) is 0.970. The maximum atomic E-state index is 12.5. The van der Waals surface area contributed by atoms with Gasteiger partial charge in [0, 0.05) is 24.5 Å². The third-order valence-electron chi connectivity index (χ3n) is 4.01. The summed E-state index contributed by atoms with van der Waals surface area (Å²) in [5.41, 5.74) is 0.949. The molecule has 1 aromatic rings. The van der Waals surface area contributed by atoms with Gasteiger partial charge in [0.05, 0.1) is 13.0 Å². The lowest BCUT2D eigenvalue weighted by Gasteiger charge is -2.20. The molecule has 0 aromatic heterocycles. The van der Waals surface area contributed by atoms with E-state index in [1.165, 1.54) is 7.11 Å². The number of likely N-dealkylation sites (tertiary alicyclic amines) is 1. The van der Waals surface area contributed by atoms with Crippen molar-refractivity contribution in [2.45, 2.75) is 18.9 Å². The average molecular weight is 310 g/mol. The molecule has 0 N–H and O–H groups in total. The second kappa shape index (κ2) is 5.56. The molecule has 112 valence electrons. The maximum Gasteiger partial charge on any atom is 0.310 e. The van der Waals surface area contributed by atoms with E-state index in [2.05, 4.69) is 0 Å². The van der Waals surface area contributed by atoms with E-state index in [0.29, 0.717) is 36.7 Å². The third kappa shape index (κ3) is 2.70. The normalized spacial score (nSPS) is 23.6. The molecule has 0 saturated carbocycles. The Kier molecular flexibility index (Phi) is 3.76. The molecule has 0 spiro atoms. The van der Waals surface area contributed by atoms with Crippen LogP contribution >= 0.6 is 11.6 Å². The van der Waals surface area contributed by atoms with Gasteiger partial charge in [0.2, 0.25) is 0 Å². The number of esters is 1. The quantitative estimate of drug-likeness (QED) is 0.780. The molecule has 0 aliphatic carbocycles. The molecule has 1 aromatic carbocycles.